The fraction of sp³-hybridized carbons (Fsp3) is 0.395. The smallest absolute Gasteiger partial charge is 0.222 e. The van der Waals surface area contributed by atoms with Crippen molar-refractivity contribution in [1.29, 1.82) is 10.5 Å². The molecule has 1 saturated carbocycles. The van der Waals surface area contributed by atoms with Crippen LogP contribution in [0.15, 0.2) is 61.2 Å². The van der Waals surface area contributed by atoms with Crippen molar-refractivity contribution in [3.05, 3.63) is 61.2 Å². The van der Waals surface area contributed by atoms with Crippen LogP contribution in [0.25, 0.3) is 44.6 Å². The average Bonchev–Trinajstić information content (AvgIpc) is 4.00. The number of carbonyl (C=O) groups is 1. The Hall–Kier alpha value is -6.35. The zero-order valence-electron chi connectivity index (χ0n) is 29.7. The minimum atomic E-state index is -0.350. The summed E-state index contributed by atoms with van der Waals surface area (Å²) in [5.41, 5.74) is 5.53. The number of nitrogens with one attached hydrogen (secondary N) is 3. The molecule has 1 unspecified atom stereocenters. The Bertz CT molecular complexity index is 2410. The quantitative estimate of drug-likeness (QED) is 0.113. The van der Waals surface area contributed by atoms with Crippen molar-refractivity contribution in [2.24, 2.45) is 5.92 Å². The maximum atomic E-state index is 12.2. The van der Waals surface area contributed by atoms with Gasteiger partial charge in [0.25, 0.3) is 0 Å². The Balaban J connectivity index is 1.13. The largest absolute Gasteiger partial charge is 0.368 e. The molecule has 3 atom stereocenters. The standard InChI is InChI=1S/C38H40N14O/c1-3-41-36-29(19-51(48-36)31(10-14-39)24-6-4-5-7-24)34-28-13-17-50(38(28)46-22-44-34)26-9-8-25(18-26)32(11-15-40)52-20-30(37(49-52)47-23(2)53)33-27-12-16-42-35(27)45-21-43-33/h12-13,16-22,24,26,31-32H,3-11H2,1-2H3,(H,41,48)(H,42,43,45)(H,47,49,53)/t26?,31-,32-/m1/s1. The number of aromatic amines is 1. The number of aromatic nitrogens is 10. The van der Waals surface area contributed by atoms with Gasteiger partial charge in [0.15, 0.2) is 11.6 Å². The van der Waals surface area contributed by atoms with E-state index in [4.69, 9.17) is 20.2 Å². The first-order valence-electron chi connectivity index (χ1n) is 18.2. The summed E-state index contributed by atoms with van der Waals surface area (Å²) in [6.07, 6.45) is 19.9. The van der Waals surface area contributed by atoms with Gasteiger partial charge in [0.1, 0.15) is 23.9 Å². The van der Waals surface area contributed by atoms with Crippen molar-refractivity contribution in [2.45, 2.75) is 83.3 Å². The van der Waals surface area contributed by atoms with Gasteiger partial charge in [0, 0.05) is 49.0 Å². The number of fused-ring (bicyclic) bond motifs is 2. The normalized spacial score (nSPS) is 17.1. The van der Waals surface area contributed by atoms with E-state index in [-0.39, 0.29) is 30.5 Å². The lowest BCUT2D eigenvalue weighted by molar-refractivity contribution is -0.114. The number of anilines is 2. The Kier molecular flexibility index (Phi) is 9.14. The molecular formula is C38H40N14O. The van der Waals surface area contributed by atoms with Crippen LogP contribution < -0.4 is 10.6 Å². The van der Waals surface area contributed by atoms with Gasteiger partial charge in [-0.2, -0.15) is 20.7 Å². The monoisotopic (exact) mass is 708 g/mol. The number of hydrogen-bond acceptors (Lipinski definition) is 10. The van der Waals surface area contributed by atoms with Crippen LogP contribution in [-0.4, -0.2) is 61.5 Å². The van der Waals surface area contributed by atoms with Crippen molar-refractivity contribution in [3.63, 3.8) is 0 Å². The molecule has 0 aromatic carbocycles. The zero-order chi connectivity index (χ0) is 36.5. The van der Waals surface area contributed by atoms with E-state index in [0.29, 0.717) is 41.6 Å². The van der Waals surface area contributed by atoms with E-state index >= 15 is 0 Å². The minimum absolute atomic E-state index is 0.00373. The van der Waals surface area contributed by atoms with E-state index in [0.717, 1.165) is 64.8 Å². The van der Waals surface area contributed by atoms with Gasteiger partial charge in [-0.25, -0.2) is 19.9 Å². The third-order valence-corrected chi connectivity index (χ3v) is 10.6. The highest BCUT2D eigenvalue weighted by Gasteiger charge is 2.31. The van der Waals surface area contributed by atoms with Crippen molar-refractivity contribution < 1.29 is 4.79 Å². The van der Waals surface area contributed by atoms with Crippen molar-refractivity contribution in [3.8, 4) is 34.7 Å². The topological polar surface area (TPSA) is 197 Å². The first-order chi connectivity index (χ1) is 26.0. The number of carbonyl (C=O) groups excluding carboxylic acids is 1. The summed E-state index contributed by atoms with van der Waals surface area (Å²) in [5, 5.41) is 37.4. The average molecular weight is 709 g/mol. The van der Waals surface area contributed by atoms with Crippen LogP contribution in [0.5, 0.6) is 0 Å². The molecule has 2 aliphatic rings. The summed E-state index contributed by atoms with van der Waals surface area (Å²) < 4.78 is 5.94. The molecule has 6 aromatic rings. The number of H-pyrrole nitrogens is 1. The Morgan fingerprint density at radius 1 is 0.943 bits per heavy atom. The highest BCUT2D eigenvalue weighted by Crippen LogP contribution is 2.42. The minimum Gasteiger partial charge on any atom is -0.368 e. The number of amides is 1. The summed E-state index contributed by atoms with van der Waals surface area (Å²) in [7, 11) is 0. The Morgan fingerprint density at radius 3 is 2.45 bits per heavy atom. The van der Waals surface area contributed by atoms with Crippen LogP contribution in [0.3, 0.4) is 0 Å². The van der Waals surface area contributed by atoms with E-state index in [9.17, 15) is 15.3 Å². The van der Waals surface area contributed by atoms with E-state index in [1.165, 1.54) is 26.1 Å². The van der Waals surface area contributed by atoms with Gasteiger partial charge in [-0.1, -0.05) is 18.9 Å². The molecule has 15 heteroatoms. The third kappa shape index (κ3) is 6.28. The lowest BCUT2D eigenvalue weighted by Crippen LogP contribution is -2.18. The molecule has 0 aliphatic heterocycles. The molecule has 3 N–H and O–H groups in total. The fourth-order valence-electron chi connectivity index (χ4n) is 8.17. The van der Waals surface area contributed by atoms with Crippen LogP contribution >= 0.6 is 0 Å². The first kappa shape index (κ1) is 33.8. The van der Waals surface area contributed by atoms with Crippen LogP contribution in [0, 0.1) is 28.6 Å². The Labute approximate surface area is 305 Å². The van der Waals surface area contributed by atoms with Crippen LogP contribution in [0.1, 0.15) is 83.3 Å². The molecule has 6 heterocycles. The molecule has 1 amide bonds. The number of nitrogens with zero attached hydrogens (tertiary/aromatic N) is 11. The van der Waals surface area contributed by atoms with Gasteiger partial charge in [0.2, 0.25) is 5.91 Å². The van der Waals surface area contributed by atoms with Crippen LogP contribution in [-0.2, 0) is 4.79 Å². The van der Waals surface area contributed by atoms with E-state index in [2.05, 4.69) is 60.6 Å². The fourth-order valence-corrected chi connectivity index (χ4v) is 8.17. The molecular weight excluding hydrogens is 669 g/mol. The van der Waals surface area contributed by atoms with E-state index in [1.807, 2.05) is 30.1 Å². The van der Waals surface area contributed by atoms with Gasteiger partial charge < -0.3 is 20.2 Å². The molecule has 268 valence electrons. The highest BCUT2D eigenvalue weighted by molar-refractivity contribution is 5.98. The van der Waals surface area contributed by atoms with Crippen molar-refractivity contribution in [2.75, 3.05) is 17.2 Å². The van der Waals surface area contributed by atoms with Crippen molar-refractivity contribution >= 4 is 39.6 Å². The predicted molar refractivity (Wildman–Crippen MR) is 199 cm³/mol. The number of rotatable bonds is 12. The summed E-state index contributed by atoms with van der Waals surface area (Å²) in [6.45, 7) is 4.19. The highest BCUT2D eigenvalue weighted by atomic mass is 16.1. The summed E-state index contributed by atoms with van der Waals surface area (Å²) >= 11 is 0. The van der Waals surface area contributed by atoms with Gasteiger partial charge in [-0.15, -0.1) is 0 Å². The second kappa shape index (κ2) is 14.3. The Morgan fingerprint density at radius 2 is 1.68 bits per heavy atom. The zero-order valence-corrected chi connectivity index (χ0v) is 29.7. The molecule has 2 aliphatic carbocycles. The van der Waals surface area contributed by atoms with Gasteiger partial charge in [-0.05, 0) is 56.2 Å². The van der Waals surface area contributed by atoms with E-state index < -0.39 is 0 Å². The molecule has 0 radical (unpaired) electrons. The summed E-state index contributed by atoms with van der Waals surface area (Å²) in [5.74, 6) is 1.30. The van der Waals surface area contributed by atoms with E-state index in [1.54, 1.807) is 17.2 Å². The summed E-state index contributed by atoms with van der Waals surface area (Å²) in [4.78, 5) is 33.7. The first-order valence-corrected chi connectivity index (χ1v) is 18.2. The molecule has 0 spiro atoms. The molecule has 0 bridgehead atoms. The molecule has 1 fully saturated rings. The second-order valence-corrected chi connectivity index (χ2v) is 13.8. The summed E-state index contributed by atoms with van der Waals surface area (Å²) in [6, 6.07) is 8.37. The molecule has 15 nitrogen and oxygen atoms in total. The van der Waals surface area contributed by atoms with Gasteiger partial charge in [-0.3, -0.25) is 14.2 Å². The van der Waals surface area contributed by atoms with Crippen molar-refractivity contribution in [1.82, 2.24) is 49.0 Å². The molecule has 53 heavy (non-hydrogen) atoms. The number of hydrogen-bond donors (Lipinski definition) is 3. The lowest BCUT2D eigenvalue weighted by Gasteiger charge is -2.21. The lowest BCUT2D eigenvalue weighted by atomic mass is 9.96. The van der Waals surface area contributed by atoms with Gasteiger partial charge in [0.05, 0.1) is 65.6 Å². The second-order valence-electron chi connectivity index (χ2n) is 13.8. The predicted octanol–water partition coefficient (Wildman–Crippen LogP) is 6.88. The van der Waals surface area contributed by atoms with Crippen LogP contribution in [0.2, 0.25) is 0 Å². The van der Waals surface area contributed by atoms with Crippen LogP contribution in [0.4, 0.5) is 11.6 Å². The number of nitriles is 2. The number of allylic oxidation sites excluding steroid dienone is 2. The maximum Gasteiger partial charge on any atom is 0.222 e. The molecule has 6 aromatic heterocycles. The third-order valence-electron chi connectivity index (χ3n) is 10.6. The maximum absolute atomic E-state index is 12.2. The SMILES string of the molecule is CCNc1nn([C@H](CC#N)C2CCCC2)cc1-c1ncnc2c1ccn2C1C=C([C@@H](CC#N)n2cc(-c3ncnc4[nH]ccc34)c(NC(C)=O)n2)CC1. The molecule has 8 rings (SSSR count). The molecule has 0 saturated heterocycles. The van der Waals surface area contributed by atoms with Gasteiger partial charge >= 0.3 is 0 Å².